The Morgan fingerprint density at radius 1 is 1.52 bits per heavy atom. The molecule has 1 spiro atoms. The molecule has 0 amide bonds. The van der Waals surface area contributed by atoms with E-state index in [1.54, 1.807) is 11.3 Å². The molecule has 6 nitrogen and oxygen atoms in total. The van der Waals surface area contributed by atoms with Crippen LogP contribution >= 0.6 is 11.3 Å². The molecule has 0 unspecified atom stereocenters. The number of aliphatic hydroxyl groups excluding tert-OH is 1. The SMILES string of the molecule is Cc1nc(N2C[C@@H]3[C@H](CO)[C@H]4CNC[C@]3(C2)O4)c2sccc2n1. The molecule has 3 saturated heterocycles. The van der Waals surface area contributed by atoms with Crippen LogP contribution in [0.1, 0.15) is 5.82 Å². The number of nitrogens with one attached hydrogen (secondary N) is 1. The van der Waals surface area contributed by atoms with E-state index in [0.29, 0.717) is 5.92 Å². The molecule has 0 aliphatic carbocycles. The lowest BCUT2D eigenvalue weighted by atomic mass is 9.83. The maximum Gasteiger partial charge on any atom is 0.150 e. The third-order valence-corrected chi connectivity index (χ3v) is 6.51. The Kier molecular flexibility index (Phi) is 2.98. The van der Waals surface area contributed by atoms with Gasteiger partial charge in [0.15, 0.2) is 0 Å². The van der Waals surface area contributed by atoms with Crippen LogP contribution in [0, 0.1) is 18.8 Å². The summed E-state index contributed by atoms with van der Waals surface area (Å²) in [5, 5.41) is 15.4. The Hall–Kier alpha value is -1.28. The zero-order chi connectivity index (χ0) is 15.6. The zero-order valence-corrected chi connectivity index (χ0v) is 13.8. The first-order chi connectivity index (χ1) is 11.2. The van der Waals surface area contributed by atoms with E-state index in [0.717, 1.165) is 48.0 Å². The van der Waals surface area contributed by atoms with Crippen LogP contribution in [0.3, 0.4) is 0 Å². The summed E-state index contributed by atoms with van der Waals surface area (Å²) in [5.41, 5.74) is 0.838. The summed E-state index contributed by atoms with van der Waals surface area (Å²) in [6.45, 7) is 5.59. The van der Waals surface area contributed by atoms with Crippen molar-refractivity contribution in [3.8, 4) is 0 Å². The van der Waals surface area contributed by atoms with Crippen molar-refractivity contribution in [2.75, 3.05) is 37.7 Å². The predicted octanol–water partition coefficient (Wildman–Crippen LogP) is 0.785. The molecule has 7 heteroatoms. The minimum absolute atomic E-state index is 0.148. The van der Waals surface area contributed by atoms with Gasteiger partial charge in [0.1, 0.15) is 17.2 Å². The van der Waals surface area contributed by atoms with Crippen LogP contribution < -0.4 is 10.2 Å². The summed E-state index contributed by atoms with van der Waals surface area (Å²) in [6, 6.07) is 2.05. The molecule has 3 fully saturated rings. The number of hydrogen-bond acceptors (Lipinski definition) is 7. The van der Waals surface area contributed by atoms with Crippen molar-refractivity contribution in [2.24, 2.45) is 11.8 Å². The standard InChI is InChI=1S/C16H20N4O2S/c1-9-18-12-2-3-23-14(12)15(19-9)20-5-11-10(6-21)13-4-17-7-16(11,8-20)22-13/h2-3,10-11,13,17,21H,4-8H2,1H3/t10-,11+,13+,16+/m0/s1. The van der Waals surface area contributed by atoms with Crippen LogP contribution in [0.5, 0.6) is 0 Å². The van der Waals surface area contributed by atoms with Gasteiger partial charge in [-0.1, -0.05) is 0 Å². The van der Waals surface area contributed by atoms with E-state index in [4.69, 9.17) is 9.72 Å². The molecule has 0 aromatic carbocycles. The maximum atomic E-state index is 9.85. The molecule has 5 rings (SSSR count). The van der Waals surface area contributed by atoms with Crippen LogP contribution in [0.2, 0.25) is 0 Å². The Morgan fingerprint density at radius 3 is 3.30 bits per heavy atom. The normalized spacial score (nSPS) is 35.9. The fourth-order valence-corrected chi connectivity index (χ4v) is 5.48. The fourth-order valence-electron chi connectivity index (χ4n) is 4.64. The van der Waals surface area contributed by atoms with Gasteiger partial charge in [-0.15, -0.1) is 11.3 Å². The smallest absolute Gasteiger partial charge is 0.150 e. The molecule has 2 aromatic heterocycles. The monoisotopic (exact) mass is 332 g/mol. The first-order valence-corrected chi connectivity index (χ1v) is 9.04. The highest BCUT2D eigenvalue weighted by Crippen LogP contribution is 2.48. The Balaban J connectivity index is 1.55. The maximum absolute atomic E-state index is 9.85. The fraction of sp³-hybridized carbons (Fsp3) is 0.625. The average molecular weight is 332 g/mol. The lowest BCUT2D eigenvalue weighted by Gasteiger charge is -2.34. The van der Waals surface area contributed by atoms with Crippen molar-refractivity contribution in [3.63, 3.8) is 0 Å². The van der Waals surface area contributed by atoms with Gasteiger partial charge in [-0.05, 0) is 18.4 Å². The number of ether oxygens (including phenoxy) is 1. The number of nitrogens with zero attached hydrogens (tertiary/aromatic N) is 3. The average Bonchev–Trinajstić information content (AvgIpc) is 3.17. The Labute approximate surface area is 138 Å². The van der Waals surface area contributed by atoms with E-state index in [2.05, 4.69) is 26.6 Å². The van der Waals surface area contributed by atoms with Gasteiger partial charge in [0.2, 0.25) is 0 Å². The number of fused-ring (bicyclic) bond motifs is 2. The quantitative estimate of drug-likeness (QED) is 0.847. The molecule has 23 heavy (non-hydrogen) atoms. The van der Waals surface area contributed by atoms with Gasteiger partial charge in [0, 0.05) is 38.1 Å². The second-order valence-corrected chi connectivity index (χ2v) is 7.83. The van der Waals surface area contributed by atoms with Crippen molar-refractivity contribution in [2.45, 2.75) is 18.6 Å². The molecular formula is C16H20N4O2S. The topological polar surface area (TPSA) is 70.5 Å². The van der Waals surface area contributed by atoms with Crippen LogP contribution in [0.4, 0.5) is 5.82 Å². The highest BCUT2D eigenvalue weighted by molar-refractivity contribution is 7.17. The summed E-state index contributed by atoms with van der Waals surface area (Å²) in [6.07, 6.45) is 0.148. The lowest BCUT2D eigenvalue weighted by molar-refractivity contribution is -0.0654. The molecule has 3 aliphatic rings. The predicted molar refractivity (Wildman–Crippen MR) is 88.9 cm³/mol. The van der Waals surface area contributed by atoms with E-state index in [1.165, 1.54) is 0 Å². The van der Waals surface area contributed by atoms with Gasteiger partial charge >= 0.3 is 0 Å². The molecule has 2 bridgehead atoms. The number of hydrogen-bond donors (Lipinski definition) is 2. The third kappa shape index (κ3) is 1.91. The van der Waals surface area contributed by atoms with Crippen LogP contribution in [-0.4, -0.2) is 59.6 Å². The van der Waals surface area contributed by atoms with E-state index >= 15 is 0 Å². The largest absolute Gasteiger partial charge is 0.396 e. The molecular weight excluding hydrogens is 312 g/mol. The van der Waals surface area contributed by atoms with Crippen molar-refractivity contribution in [1.82, 2.24) is 15.3 Å². The molecule has 5 heterocycles. The summed E-state index contributed by atoms with van der Waals surface area (Å²) in [4.78, 5) is 11.6. The summed E-state index contributed by atoms with van der Waals surface area (Å²) >= 11 is 1.69. The second-order valence-electron chi connectivity index (χ2n) is 6.91. The number of aliphatic hydroxyl groups is 1. The van der Waals surface area contributed by atoms with Gasteiger partial charge in [0.05, 0.1) is 22.9 Å². The van der Waals surface area contributed by atoms with E-state index in [1.807, 2.05) is 6.92 Å². The van der Waals surface area contributed by atoms with Crippen molar-refractivity contribution in [3.05, 3.63) is 17.3 Å². The summed E-state index contributed by atoms with van der Waals surface area (Å²) in [7, 11) is 0. The summed E-state index contributed by atoms with van der Waals surface area (Å²) < 4.78 is 7.53. The molecule has 2 N–H and O–H groups in total. The molecule has 3 aliphatic heterocycles. The number of anilines is 1. The third-order valence-electron chi connectivity index (χ3n) is 5.61. The number of aromatic nitrogens is 2. The minimum Gasteiger partial charge on any atom is -0.396 e. The molecule has 2 aromatic rings. The van der Waals surface area contributed by atoms with Crippen LogP contribution in [0.15, 0.2) is 11.4 Å². The molecule has 0 radical (unpaired) electrons. The van der Waals surface area contributed by atoms with Gasteiger partial charge in [0.25, 0.3) is 0 Å². The number of aryl methyl sites for hydroxylation is 1. The highest BCUT2D eigenvalue weighted by Gasteiger charge is 2.61. The van der Waals surface area contributed by atoms with E-state index in [-0.39, 0.29) is 24.2 Å². The second kappa shape index (κ2) is 4.86. The number of thiophene rings is 1. The van der Waals surface area contributed by atoms with Crippen LogP contribution in [0.25, 0.3) is 10.2 Å². The van der Waals surface area contributed by atoms with Gasteiger partial charge < -0.3 is 20.1 Å². The molecule has 122 valence electrons. The Bertz CT molecular complexity index is 766. The lowest BCUT2D eigenvalue weighted by Crippen LogP contribution is -2.52. The Morgan fingerprint density at radius 2 is 2.43 bits per heavy atom. The van der Waals surface area contributed by atoms with E-state index < -0.39 is 0 Å². The summed E-state index contributed by atoms with van der Waals surface area (Å²) in [5.74, 6) is 2.41. The zero-order valence-electron chi connectivity index (χ0n) is 13.0. The number of rotatable bonds is 2. The van der Waals surface area contributed by atoms with Crippen molar-refractivity contribution < 1.29 is 9.84 Å². The van der Waals surface area contributed by atoms with Crippen molar-refractivity contribution in [1.29, 1.82) is 0 Å². The molecule has 0 saturated carbocycles. The van der Waals surface area contributed by atoms with E-state index in [9.17, 15) is 5.11 Å². The first kappa shape index (κ1) is 14.1. The van der Waals surface area contributed by atoms with Crippen LogP contribution in [-0.2, 0) is 4.74 Å². The van der Waals surface area contributed by atoms with Crippen molar-refractivity contribution >= 4 is 27.4 Å². The number of morpholine rings is 1. The highest BCUT2D eigenvalue weighted by atomic mass is 32.1. The first-order valence-electron chi connectivity index (χ1n) is 8.16. The van der Waals surface area contributed by atoms with Gasteiger partial charge in [-0.2, -0.15) is 0 Å². The minimum atomic E-state index is -0.182. The van der Waals surface area contributed by atoms with Gasteiger partial charge in [-0.25, -0.2) is 9.97 Å². The molecule has 4 atom stereocenters. The van der Waals surface area contributed by atoms with Gasteiger partial charge in [-0.3, -0.25) is 0 Å².